The summed E-state index contributed by atoms with van der Waals surface area (Å²) in [6.45, 7) is 5.88. The largest absolute Gasteiger partial charge is 0.492 e. The number of nitrogens with one attached hydrogen (secondary N) is 1. The second kappa shape index (κ2) is 7.60. The van der Waals surface area contributed by atoms with Gasteiger partial charge >= 0.3 is 0 Å². The SMILES string of the molecule is CCOc1ccc(NC(=O)C(C)CC)cc1S(=O)(=O)N(C)C. The minimum absolute atomic E-state index is 0.0429. The van der Waals surface area contributed by atoms with Gasteiger partial charge in [0, 0.05) is 25.7 Å². The first kappa shape index (κ1) is 18.4. The molecule has 0 aliphatic carbocycles. The summed E-state index contributed by atoms with van der Waals surface area (Å²) < 4.78 is 31.3. The number of ether oxygens (including phenoxy) is 1. The minimum Gasteiger partial charge on any atom is -0.492 e. The smallest absolute Gasteiger partial charge is 0.246 e. The average Bonchev–Trinajstić information content (AvgIpc) is 2.47. The number of amides is 1. The van der Waals surface area contributed by atoms with Gasteiger partial charge in [-0.25, -0.2) is 12.7 Å². The first-order chi connectivity index (χ1) is 10.2. The van der Waals surface area contributed by atoms with Gasteiger partial charge in [-0.05, 0) is 31.5 Å². The van der Waals surface area contributed by atoms with Gasteiger partial charge in [-0.1, -0.05) is 13.8 Å². The van der Waals surface area contributed by atoms with Gasteiger partial charge in [0.2, 0.25) is 15.9 Å². The Hall–Kier alpha value is -1.60. The van der Waals surface area contributed by atoms with E-state index in [0.29, 0.717) is 18.7 Å². The molecule has 0 aromatic heterocycles. The van der Waals surface area contributed by atoms with Crippen molar-refractivity contribution in [3.63, 3.8) is 0 Å². The zero-order valence-electron chi connectivity index (χ0n) is 13.7. The Kier molecular flexibility index (Phi) is 6.37. The van der Waals surface area contributed by atoms with Crippen LogP contribution in [0, 0.1) is 5.92 Å². The molecule has 7 heteroatoms. The van der Waals surface area contributed by atoms with Gasteiger partial charge in [0.1, 0.15) is 10.6 Å². The molecule has 1 amide bonds. The quantitative estimate of drug-likeness (QED) is 0.833. The molecule has 0 saturated carbocycles. The van der Waals surface area contributed by atoms with Crippen LogP contribution in [-0.2, 0) is 14.8 Å². The summed E-state index contributed by atoms with van der Waals surface area (Å²) >= 11 is 0. The van der Waals surface area contributed by atoms with Gasteiger partial charge < -0.3 is 10.1 Å². The first-order valence-corrected chi connectivity index (χ1v) is 8.68. The van der Waals surface area contributed by atoms with Gasteiger partial charge in [-0.15, -0.1) is 0 Å². The molecule has 0 heterocycles. The third-order valence-corrected chi connectivity index (χ3v) is 5.17. The van der Waals surface area contributed by atoms with E-state index in [1.54, 1.807) is 19.1 Å². The highest BCUT2D eigenvalue weighted by atomic mass is 32.2. The zero-order valence-corrected chi connectivity index (χ0v) is 14.5. The molecule has 0 radical (unpaired) electrons. The normalized spacial score (nSPS) is 13.0. The number of nitrogens with zero attached hydrogens (tertiary/aromatic N) is 1. The molecule has 1 aromatic rings. The summed E-state index contributed by atoms with van der Waals surface area (Å²) in [4.78, 5) is 12.0. The predicted octanol–water partition coefficient (Wildman–Crippen LogP) is 2.32. The highest BCUT2D eigenvalue weighted by molar-refractivity contribution is 7.89. The summed E-state index contributed by atoms with van der Waals surface area (Å²) in [6, 6.07) is 4.63. The van der Waals surface area contributed by atoms with E-state index < -0.39 is 10.0 Å². The standard InChI is InChI=1S/C15H24N2O4S/c1-6-11(3)15(18)16-12-8-9-13(21-7-2)14(10-12)22(19,20)17(4)5/h8-11H,6-7H2,1-5H3,(H,16,18). The Balaban J connectivity index is 3.23. The average molecular weight is 328 g/mol. The fourth-order valence-corrected chi connectivity index (χ4v) is 2.76. The molecule has 6 nitrogen and oxygen atoms in total. The predicted molar refractivity (Wildman–Crippen MR) is 86.6 cm³/mol. The lowest BCUT2D eigenvalue weighted by molar-refractivity contribution is -0.119. The lowest BCUT2D eigenvalue weighted by atomic mass is 10.1. The highest BCUT2D eigenvalue weighted by Crippen LogP contribution is 2.29. The van der Waals surface area contributed by atoms with Crippen LogP contribution >= 0.6 is 0 Å². The van der Waals surface area contributed by atoms with Crippen molar-refractivity contribution in [2.45, 2.75) is 32.1 Å². The molecule has 1 aromatic carbocycles. The second-order valence-electron chi connectivity index (χ2n) is 5.18. The van der Waals surface area contributed by atoms with E-state index in [0.717, 1.165) is 4.31 Å². The molecule has 1 rings (SSSR count). The fourth-order valence-electron chi connectivity index (χ4n) is 1.71. The Labute approximate surface area is 132 Å². The number of rotatable bonds is 7. The molecule has 22 heavy (non-hydrogen) atoms. The molecular formula is C15H24N2O4S. The molecule has 0 fully saturated rings. The molecule has 124 valence electrons. The number of carbonyl (C=O) groups is 1. The number of sulfonamides is 1. The van der Waals surface area contributed by atoms with Crippen LogP contribution in [0.3, 0.4) is 0 Å². The Bertz CT molecular complexity index is 626. The molecule has 0 saturated heterocycles. The number of carbonyl (C=O) groups excluding carboxylic acids is 1. The molecule has 0 aliphatic rings. The van der Waals surface area contributed by atoms with Crippen LogP contribution in [0.1, 0.15) is 27.2 Å². The zero-order chi connectivity index (χ0) is 16.9. The van der Waals surface area contributed by atoms with Gasteiger partial charge in [0.05, 0.1) is 6.61 Å². The van der Waals surface area contributed by atoms with Crippen LogP contribution < -0.4 is 10.1 Å². The first-order valence-electron chi connectivity index (χ1n) is 7.24. The number of anilines is 1. The topological polar surface area (TPSA) is 75.7 Å². The number of hydrogen-bond acceptors (Lipinski definition) is 4. The van der Waals surface area contributed by atoms with Crippen LogP contribution in [0.5, 0.6) is 5.75 Å². The van der Waals surface area contributed by atoms with Crippen LogP contribution in [0.15, 0.2) is 23.1 Å². The van der Waals surface area contributed by atoms with Crippen molar-refractivity contribution in [1.29, 1.82) is 0 Å². The van der Waals surface area contributed by atoms with Crippen LogP contribution in [0.2, 0.25) is 0 Å². The molecule has 1 N–H and O–H groups in total. The van der Waals surface area contributed by atoms with E-state index in [-0.39, 0.29) is 22.5 Å². The third kappa shape index (κ3) is 4.20. The fraction of sp³-hybridized carbons (Fsp3) is 0.533. The van der Waals surface area contributed by atoms with Gasteiger partial charge in [0.25, 0.3) is 0 Å². The lowest BCUT2D eigenvalue weighted by Gasteiger charge is -2.17. The summed E-state index contributed by atoms with van der Waals surface area (Å²) in [6.07, 6.45) is 0.714. The summed E-state index contributed by atoms with van der Waals surface area (Å²) in [7, 11) is -0.749. The maximum Gasteiger partial charge on any atom is 0.246 e. The maximum absolute atomic E-state index is 12.4. The highest BCUT2D eigenvalue weighted by Gasteiger charge is 2.23. The van der Waals surface area contributed by atoms with E-state index in [9.17, 15) is 13.2 Å². The van der Waals surface area contributed by atoms with Crippen LogP contribution in [0.25, 0.3) is 0 Å². The van der Waals surface area contributed by atoms with E-state index in [1.165, 1.54) is 20.2 Å². The van der Waals surface area contributed by atoms with Gasteiger partial charge in [-0.3, -0.25) is 4.79 Å². The number of benzene rings is 1. The monoisotopic (exact) mass is 328 g/mol. The van der Waals surface area contributed by atoms with Crippen molar-refractivity contribution in [3.05, 3.63) is 18.2 Å². The van der Waals surface area contributed by atoms with Crippen molar-refractivity contribution < 1.29 is 17.9 Å². The van der Waals surface area contributed by atoms with Crippen LogP contribution in [0.4, 0.5) is 5.69 Å². The Morgan fingerprint density at radius 3 is 2.45 bits per heavy atom. The summed E-state index contributed by atoms with van der Waals surface area (Å²) in [5.74, 6) is -0.00178. The molecule has 0 spiro atoms. The van der Waals surface area contributed by atoms with Crippen molar-refractivity contribution in [2.24, 2.45) is 5.92 Å². The minimum atomic E-state index is -3.66. The Morgan fingerprint density at radius 2 is 1.95 bits per heavy atom. The number of hydrogen-bond donors (Lipinski definition) is 1. The lowest BCUT2D eigenvalue weighted by Crippen LogP contribution is -2.24. The second-order valence-corrected chi connectivity index (χ2v) is 7.30. The van der Waals surface area contributed by atoms with Crippen molar-refractivity contribution in [1.82, 2.24) is 4.31 Å². The summed E-state index contributed by atoms with van der Waals surface area (Å²) in [5, 5.41) is 2.74. The molecule has 1 atom stereocenters. The molecule has 0 aliphatic heterocycles. The summed E-state index contributed by atoms with van der Waals surface area (Å²) in [5.41, 5.74) is 0.439. The van der Waals surface area contributed by atoms with E-state index >= 15 is 0 Å². The van der Waals surface area contributed by atoms with E-state index in [1.807, 2.05) is 13.8 Å². The molecule has 1 unspecified atom stereocenters. The van der Waals surface area contributed by atoms with Gasteiger partial charge in [0.15, 0.2) is 0 Å². The van der Waals surface area contributed by atoms with E-state index in [2.05, 4.69) is 5.32 Å². The molecule has 0 bridgehead atoms. The molecular weight excluding hydrogens is 304 g/mol. The third-order valence-electron chi connectivity index (χ3n) is 3.33. The van der Waals surface area contributed by atoms with Crippen molar-refractivity contribution >= 4 is 21.6 Å². The maximum atomic E-state index is 12.4. The van der Waals surface area contributed by atoms with Crippen LogP contribution in [-0.4, -0.2) is 39.3 Å². The Morgan fingerprint density at radius 1 is 1.32 bits per heavy atom. The van der Waals surface area contributed by atoms with Crippen molar-refractivity contribution in [3.8, 4) is 5.75 Å². The van der Waals surface area contributed by atoms with E-state index in [4.69, 9.17) is 4.74 Å². The van der Waals surface area contributed by atoms with Crippen molar-refractivity contribution in [2.75, 3.05) is 26.0 Å². The van der Waals surface area contributed by atoms with Gasteiger partial charge in [-0.2, -0.15) is 0 Å².